The van der Waals surface area contributed by atoms with Crippen LogP contribution in [0.15, 0.2) is 29.8 Å². The Hall–Kier alpha value is -3.16. The average molecular weight is 561 g/mol. The first-order chi connectivity index (χ1) is 19.9. The lowest BCUT2D eigenvalue weighted by atomic mass is 9.57. The second-order valence-corrected chi connectivity index (χ2v) is 13.1. The number of amides is 4. The summed E-state index contributed by atoms with van der Waals surface area (Å²) in [6.07, 6.45) is 12.6. The number of carbonyl (C=O) groups is 4. The van der Waals surface area contributed by atoms with Crippen LogP contribution in [0.5, 0.6) is 11.5 Å². The second kappa shape index (κ2) is 10.3. The Labute approximate surface area is 241 Å². The summed E-state index contributed by atoms with van der Waals surface area (Å²) in [5.41, 5.74) is 1.52. The van der Waals surface area contributed by atoms with Crippen molar-refractivity contribution in [3.05, 3.63) is 35.4 Å². The molecule has 1 N–H and O–H groups in total. The fourth-order valence-electron chi connectivity index (χ4n) is 9.30. The molecule has 8 nitrogen and oxygen atoms in total. The van der Waals surface area contributed by atoms with Gasteiger partial charge in [-0.15, -0.1) is 0 Å². The Balaban J connectivity index is 1.30. The first-order valence-corrected chi connectivity index (χ1v) is 15.7. The van der Waals surface area contributed by atoms with E-state index in [-0.39, 0.29) is 47.4 Å². The number of hydrogen-bond donors (Lipinski definition) is 1. The minimum Gasteiger partial charge on any atom is -0.508 e. The van der Waals surface area contributed by atoms with Crippen molar-refractivity contribution in [2.75, 3.05) is 7.11 Å². The lowest BCUT2D eigenvalue weighted by molar-refractivity contribution is -0.145. The lowest BCUT2D eigenvalue weighted by Crippen LogP contribution is -2.44. The predicted octanol–water partition coefficient (Wildman–Crippen LogP) is 4.70. The first kappa shape index (κ1) is 26.7. The molecule has 0 unspecified atom stereocenters. The first-order valence-electron chi connectivity index (χ1n) is 15.7. The molecule has 2 heterocycles. The summed E-state index contributed by atoms with van der Waals surface area (Å²) in [6, 6.07) is 5.00. The van der Waals surface area contributed by atoms with Gasteiger partial charge in [0.15, 0.2) is 0 Å². The number of phenols is 1. The molecule has 5 fully saturated rings. The predicted molar refractivity (Wildman–Crippen MR) is 150 cm³/mol. The van der Waals surface area contributed by atoms with Crippen LogP contribution in [-0.2, 0) is 19.2 Å². The van der Waals surface area contributed by atoms with E-state index in [1.807, 2.05) is 0 Å². The third kappa shape index (κ3) is 4.07. The largest absolute Gasteiger partial charge is 0.508 e. The number of allylic oxidation sites excluding steroid dienone is 2. The molecule has 0 bridgehead atoms. The lowest BCUT2D eigenvalue weighted by Gasteiger charge is -2.44. The van der Waals surface area contributed by atoms with Gasteiger partial charge in [0, 0.05) is 29.6 Å². The molecule has 3 saturated carbocycles. The van der Waals surface area contributed by atoms with Crippen molar-refractivity contribution in [3.8, 4) is 11.5 Å². The van der Waals surface area contributed by atoms with Crippen LogP contribution in [0.25, 0.3) is 0 Å². The summed E-state index contributed by atoms with van der Waals surface area (Å²) < 4.78 is 5.33. The van der Waals surface area contributed by atoms with Crippen LogP contribution < -0.4 is 4.74 Å². The molecule has 4 amide bonds. The van der Waals surface area contributed by atoms with Crippen molar-refractivity contribution >= 4 is 23.6 Å². The van der Waals surface area contributed by atoms with Crippen LogP contribution in [0.4, 0.5) is 0 Å². The van der Waals surface area contributed by atoms with Gasteiger partial charge in [0.05, 0.1) is 30.8 Å². The van der Waals surface area contributed by atoms with Gasteiger partial charge >= 0.3 is 0 Å². The van der Waals surface area contributed by atoms with E-state index in [2.05, 4.69) is 6.08 Å². The number of benzene rings is 1. The number of likely N-dealkylation sites (tertiary alicyclic amines) is 2. The Kier molecular flexibility index (Phi) is 6.70. The smallest absolute Gasteiger partial charge is 0.234 e. The van der Waals surface area contributed by atoms with Crippen molar-refractivity contribution in [1.29, 1.82) is 0 Å². The monoisotopic (exact) mass is 560 g/mol. The zero-order chi connectivity index (χ0) is 28.4. The molecule has 8 heteroatoms. The van der Waals surface area contributed by atoms with E-state index < -0.39 is 29.6 Å². The fourth-order valence-corrected chi connectivity index (χ4v) is 9.30. The molecule has 6 atom stereocenters. The molecule has 1 aromatic rings. The van der Waals surface area contributed by atoms with Crippen LogP contribution >= 0.6 is 0 Å². The molecule has 6 aliphatic rings. The van der Waals surface area contributed by atoms with Gasteiger partial charge in [0.25, 0.3) is 0 Å². The van der Waals surface area contributed by atoms with E-state index in [0.717, 1.165) is 69.8 Å². The summed E-state index contributed by atoms with van der Waals surface area (Å²) in [7, 11) is 1.53. The molecule has 0 aromatic heterocycles. The van der Waals surface area contributed by atoms with E-state index in [1.165, 1.54) is 7.11 Å². The van der Waals surface area contributed by atoms with E-state index in [9.17, 15) is 24.3 Å². The van der Waals surface area contributed by atoms with Gasteiger partial charge < -0.3 is 9.84 Å². The number of phenolic OH excluding ortho intramolecular Hbond substituents is 1. The number of rotatable bonds is 4. The van der Waals surface area contributed by atoms with Gasteiger partial charge in [-0.1, -0.05) is 56.2 Å². The maximum Gasteiger partial charge on any atom is 0.234 e. The average Bonchev–Trinajstić information content (AvgIpc) is 3.40. The number of carbonyl (C=O) groups excluding carboxylic acids is 4. The highest BCUT2D eigenvalue weighted by atomic mass is 16.5. The van der Waals surface area contributed by atoms with Crippen LogP contribution in [0.3, 0.4) is 0 Å². The van der Waals surface area contributed by atoms with E-state index >= 15 is 0 Å². The number of nitrogens with zero attached hydrogens (tertiary/aromatic N) is 2. The van der Waals surface area contributed by atoms with Crippen LogP contribution in [0.2, 0.25) is 0 Å². The van der Waals surface area contributed by atoms with Gasteiger partial charge in [-0.25, -0.2) is 0 Å². The highest BCUT2D eigenvalue weighted by Gasteiger charge is 2.63. The molecule has 2 aliphatic heterocycles. The van der Waals surface area contributed by atoms with Crippen LogP contribution in [-0.4, -0.2) is 57.7 Å². The molecule has 2 saturated heterocycles. The Bertz CT molecular complexity index is 1310. The summed E-state index contributed by atoms with van der Waals surface area (Å²) in [4.78, 5) is 59.2. The van der Waals surface area contributed by atoms with Crippen molar-refractivity contribution in [2.24, 2.45) is 29.6 Å². The zero-order valence-electron chi connectivity index (χ0n) is 23.8. The molecular weight excluding hydrogens is 520 g/mol. The van der Waals surface area contributed by atoms with Gasteiger partial charge in [0.2, 0.25) is 23.6 Å². The molecule has 0 spiro atoms. The highest BCUT2D eigenvalue weighted by molar-refractivity contribution is 6.08. The Morgan fingerprint density at radius 2 is 1.32 bits per heavy atom. The van der Waals surface area contributed by atoms with Gasteiger partial charge in [-0.05, 0) is 50.5 Å². The summed E-state index contributed by atoms with van der Waals surface area (Å²) in [5.74, 6) is -2.87. The summed E-state index contributed by atoms with van der Waals surface area (Å²) in [6.45, 7) is 0. The molecule has 218 valence electrons. The number of fused-ring (bicyclic) bond motifs is 4. The number of imide groups is 2. The number of aromatic hydroxyl groups is 1. The normalized spacial score (nSPS) is 34.4. The standard InChI is InChI=1S/C33H40N2O6/c1-41-20-12-13-22(26(36)16-20)27-21-14-15-23-28(32(39)34(30(23)37)18-8-4-2-5-9-18)24(21)17-25-29(27)33(40)35(31(25)38)19-10-6-3-7-11-19/h12-14,16,18-19,23-25,27-29,36H,2-11,15,17H2,1H3/t23-,24+,25+,27+,28-,29+/m0/s1. The molecular formula is C33H40N2O6. The maximum atomic E-state index is 14.2. The van der Waals surface area contributed by atoms with Crippen LogP contribution in [0.1, 0.15) is 88.5 Å². The molecule has 1 aromatic carbocycles. The van der Waals surface area contributed by atoms with Crippen molar-refractivity contribution in [2.45, 2.75) is 95.1 Å². The van der Waals surface area contributed by atoms with E-state index in [4.69, 9.17) is 4.74 Å². The third-order valence-electron chi connectivity index (χ3n) is 11.2. The van der Waals surface area contributed by atoms with E-state index in [1.54, 1.807) is 28.0 Å². The van der Waals surface area contributed by atoms with Gasteiger partial charge in [-0.3, -0.25) is 29.0 Å². The number of hydrogen-bond acceptors (Lipinski definition) is 6. The fraction of sp³-hybridized carbons (Fsp3) is 0.636. The van der Waals surface area contributed by atoms with Crippen molar-refractivity contribution in [3.63, 3.8) is 0 Å². The molecule has 41 heavy (non-hydrogen) atoms. The second-order valence-electron chi connectivity index (χ2n) is 13.1. The minimum absolute atomic E-state index is 0.0193. The SMILES string of the molecule is COc1ccc([C@H]2C3=CC[C@@H]4C(=O)N(C5CCCCC5)C(=O)[C@@H]4[C@@H]3C[C@H]3C(=O)N(C4CCCCC4)C(=O)[C@@H]23)c(O)c1. The van der Waals surface area contributed by atoms with Gasteiger partial charge in [-0.2, -0.15) is 0 Å². The number of methoxy groups -OCH3 is 1. The number of ether oxygens (including phenoxy) is 1. The zero-order valence-corrected chi connectivity index (χ0v) is 23.8. The molecule has 7 rings (SSSR count). The van der Waals surface area contributed by atoms with Crippen LogP contribution in [0, 0.1) is 29.6 Å². The Morgan fingerprint density at radius 1 is 0.732 bits per heavy atom. The van der Waals surface area contributed by atoms with Crippen molar-refractivity contribution in [1.82, 2.24) is 9.80 Å². The summed E-state index contributed by atoms with van der Waals surface area (Å²) in [5, 5.41) is 11.2. The Morgan fingerprint density at radius 3 is 1.90 bits per heavy atom. The minimum atomic E-state index is -0.621. The van der Waals surface area contributed by atoms with E-state index in [0.29, 0.717) is 24.2 Å². The third-order valence-corrected chi connectivity index (χ3v) is 11.2. The van der Waals surface area contributed by atoms with Gasteiger partial charge in [0.1, 0.15) is 11.5 Å². The highest BCUT2D eigenvalue weighted by Crippen LogP contribution is 2.59. The quantitative estimate of drug-likeness (QED) is 0.423. The molecule has 0 radical (unpaired) electrons. The van der Waals surface area contributed by atoms with Crippen molar-refractivity contribution < 1.29 is 29.0 Å². The topological polar surface area (TPSA) is 104 Å². The molecule has 4 aliphatic carbocycles. The maximum absolute atomic E-state index is 14.2. The summed E-state index contributed by atoms with van der Waals surface area (Å²) >= 11 is 0.